The summed E-state index contributed by atoms with van der Waals surface area (Å²) in [6, 6.07) is 0. The van der Waals surface area contributed by atoms with E-state index in [9.17, 15) is 0 Å². The van der Waals surface area contributed by atoms with E-state index in [1.54, 1.807) is 0 Å². The molecule has 0 amide bonds. The van der Waals surface area contributed by atoms with Crippen molar-refractivity contribution in [2.45, 2.75) is 70.9 Å². The lowest BCUT2D eigenvalue weighted by Gasteiger charge is -2.33. The topological polar surface area (TPSA) is 45.5 Å². The fraction of sp³-hybridized carbons (Fsp3) is 0.789. The third kappa shape index (κ3) is 3.17. The Bertz CT molecular complexity index is 573. The molecule has 24 heavy (non-hydrogen) atoms. The Morgan fingerprint density at radius 3 is 2.83 bits per heavy atom. The summed E-state index contributed by atoms with van der Waals surface area (Å²) in [7, 11) is 1.91. The number of hydrogen-bond donors (Lipinski definition) is 1. The van der Waals surface area contributed by atoms with E-state index in [2.05, 4.69) is 26.0 Å². The van der Waals surface area contributed by atoms with Gasteiger partial charge in [-0.1, -0.05) is 19.3 Å². The number of likely N-dealkylation sites (tertiary alicyclic amines) is 1. The van der Waals surface area contributed by atoms with Gasteiger partial charge in [0.25, 0.3) is 0 Å². The van der Waals surface area contributed by atoms with Crippen LogP contribution in [-0.4, -0.2) is 40.5 Å². The van der Waals surface area contributed by atoms with E-state index in [1.807, 2.05) is 7.05 Å². The van der Waals surface area contributed by atoms with Crippen LogP contribution >= 0.6 is 0 Å². The lowest BCUT2D eigenvalue weighted by Crippen LogP contribution is -2.41. The summed E-state index contributed by atoms with van der Waals surface area (Å²) in [5.74, 6) is 2.32. The van der Waals surface area contributed by atoms with Crippen LogP contribution in [0.25, 0.3) is 0 Å². The summed E-state index contributed by atoms with van der Waals surface area (Å²) >= 11 is 0. The van der Waals surface area contributed by atoms with Gasteiger partial charge in [-0.15, -0.1) is 0 Å². The average molecular weight is 329 g/mol. The Hall–Kier alpha value is -1.52. The number of hydrogen-bond acceptors (Lipinski definition) is 2. The van der Waals surface area contributed by atoms with E-state index in [0.717, 1.165) is 37.7 Å². The molecule has 0 atom stereocenters. The molecule has 1 aliphatic carbocycles. The predicted octanol–water partition coefficient (Wildman–Crippen LogP) is 2.95. The molecule has 4 rings (SSSR count). The average Bonchev–Trinajstić information content (AvgIpc) is 3.20. The predicted molar refractivity (Wildman–Crippen MR) is 97.1 cm³/mol. The zero-order valence-corrected chi connectivity index (χ0v) is 15.1. The summed E-state index contributed by atoms with van der Waals surface area (Å²) in [6.07, 6.45) is 14.3. The van der Waals surface area contributed by atoms with Gasteiger partial charge in [0.05, 0.1) is 12.2 Å². The molecule has 132 valence electrons. The fourth-order valence-corrected chi connectivity index (χ4v) is 4.88. The summed E-state index contributed by atoms with van der Waals surface area (Å²) in [5.41, 5.74) is 1.73. The van der Waals surface area contributed by atoms with E-state index < -0.39 is 0 Å². The SMILES string of the molecule is CN=C(NCc1cn2c(n1)CCCC2)N1CCC2(CCCCC2)C1. The largest absolute Gasteiger partial charge is 0.351 e. The first-order chi connectivity index (χ1) is 11.8. The second-order valence-electron chi connectivity index (χ2n) is 7.93. The number of guanidine groups is 1. The smallest absolute Gasteiger partial charge is 0.193 e. The second-order valence-corrected chi connectivity index (χ2v) is 7.93. The van der Waals surface area contributed by atoms with Gasteiger partial charge in [-0.3, -0.25) is 4.99 Å². The Kier molecular flexibility index (Phi) is 4.51. The van der Waals surface area contributed by atoms with Gasteiger partial charge in [-0.2, -0.15) is 0 Å². The molecule has 2 aliphatic heterocycles. The highest BCUT2D eigenvalue weighted by molar-refractivity contribution is 5.80. The molecule has 0 aromatic carbocycles. The van der Waals surface area contributed by atoms with E-state index in [1.165, 1.54) is 63.7 Å². The van der Waals surface area contributed by atoms with E-state index in [-0.39, 0.29) is 0 Å². The standard InChI is InChI=1S/C19H31N5/c1-20-18(24-12-10-19(15-24)8-4-2-5-9-19)21-13-16-14-23-11-6-3-7-17(23)22-16/h14H,2-13,15H2,1H3,(H,20,21). The van der Waals surface area contributed by atoms with Crippen molar-refractivity contribution in [1.29, 1.82) is 0 Å². The number of fused-ring (bicyclic) bond motifs is 1. The zero-order valence-electron chi connectivity index (χ0n) is 15.1. The Morgan fingerprint density at radius 2 is 2.04 bits per heavy atom. The van der Waals surface area contributed by atoms with Crippen molar-refractivity contribution in [3.63, 3.8) is 0 Å². The van der Waals surface area contributed by atoms with Crippen molar-refractivity contribution in [2.75, 3.05) is 20.1 Å². The third-order valence-corrected chi connectivity index (χ3v) is 6.25. The molecule has 5 nitrogen and oxygen atoms in total. The highest BCUT2D eigenvalue weighted by Gasteiger charge is 2.39. The Labute approximate surface area is 145 Å². The normalized spacial score (nSPS) is 23.5. The molecule has 5 heteroatoms. The highest BCUT2D eigenvalue weighted by Crippen LogP contribution is 2.43. The summed E-state index contributed by atoms with van der Waals surface area (Å²) < 4.78 is 2.33. The lowest BCUT2D eigenvalue weighted by molar-refractivity contribution is 0.203. The maximum Gasteiger partial charge on any atom is 0.193 e. The molecule has 3 heterocycles. The van der Waals surface area contributed by atoms with Crippen molar-refractivity contribution in [3.05, 3.63) is 17.7 Å². The van der Waals surface area contributed by atoms with Crippen LogP contribution in [0.3, 0.4) is 0 Å². The number of imidazole rings is 1. The fourth-order valence-electron chi connectivity index (χ4n) is 4.88. The number of nitrogens with zero attached hydrogens (tertiary/aromatic N) is 4. The van der Waals surface area contributed by atoms with Crippen molar-refractivity contribution in [3.8, 4) is 0 Å². The molecule has 1 aromatic rings. The van der Waals surface area contributed by atoms with Gasteiger partial charge in [0.2, 0.25) is 0 Å². The van der Waals surface area contributed by atoms with Gasteiger partial charge >= 0.3 is 0 Å². The second kappa shape index (κ2) is 6.77. The summed E-state index contributed by atoms with van der Waals surface area (Å²) in [4.78, 5) is 11.8. The molecule has 1 spiro atoms. The quantitative estimate of drug-likeness (QED) is 0.670. The number of rotatable bonds is 2. The summed E-state index contributed by atoms with van der Waals surface area (Å²) in [5, 5.41) is 3.56. The zero-order chi connectivity index (χ0) is 16.4. The van der Waals surface area contributed by atoms with Gasteiger partial charge < -0.3 is 14.8 Å². The van der Waals surface area contributed by atoms with E-state index in [0.29, 0.717) is 5.41 Å². The minimum Gasteiger partial charge on any atom is -0.351 e. The molecular weight excluding hydrogens is 298 g/mol. The van der Waals surface area contributed by atoms with Gasteiger partial charge in [0.15, 0.2) is 5.96 Å². The highest BCUT2D eigenvalue weighted by atomic mass is 15.3. The van der Waals surface area contributed by atoms with E-state index in [4.69, 9.17) is 4.98 Å². The maximum absolute atomic E-state index is 4.79. The number of aromatic nitrogens is 2. The first-order valence-corrected chi connectivity index (χ1v) is 9.79. The van der Waals surface area contributed by atoms with Crippen molar-refractivity contribution in [2.24, 2.45) is 10.4 Å². The molecule has 0 bridgehead atoms. The molecule has 1 N–H and O–H groups in total. The van der Waals surface area contributed by atoms with Crippen molar-refractivity contribution < 1.29 is 0 Å². The van der Waals surface area contributed by atoms with Crippen LogP contribution in [0.5, 0.6) is 0 Å². The number of aliphatic imine (C=N–C) groups is 1. The monoisotopic (exact) mass is 329 g/mol. The molecule has 0 radical (unpaired) electrons. The van der Waals surface area contributed by atoms with Gasteiger partial charge in [0.1, 0.15) is 5.82 Å². The van der Waals surface area contributed by atoms with Crippen molar-refractivity contribution in [1.82, 2.24) is 19.8 Å². The Morgan fingerprint density at radius 1 is 1.17 bits per heavy atom. The molecule has 0 unspecified atom stereocenters. The number of nitrogens with one attached hydrogen (secondary N) is 1. The molecule has 1 saturated heterocycles. The number of aryl methyl sites for hydroxylation is 2. The minimum atomic E-state index is 0.573. The van der Waals surface area contributed by atoms with Crippen LogP contribution in [0.2, 0.25) is 0 Å². The van der Waals surface area contributed by atoms with Crippen LogP contribution in [0.1, 0.15) is 62.9 Å². The maximum atomic E-state index is 4.79. The van der Waals surface area contributed by atoms with Gasteiger partial charge in [0, 0.05) is 39.3 Å². The van der Waals surface area contributed by atoms with Crippen LogP contribution in [0.4, 0.5) is 0 Å². The summed E-state index contributed by atoms with van der Waals surface area (Å²) in [6.45, 7) is 4.26. The minimum absolute atomic E-state index is 0.573. The van der Waals surface area contributed by atoms with Crippen LogP contribution in [0.15, 0.2) is 11.2 Å². The van der Waals surface area contributed by atoms with Crippen LogP contribution in [0, 0.1) is 5.41 Å². The Balaban J connectivity index is 1.36. The van der Waals surface area contributed by atoms with Crippen LogP contribution < -0.4 is 5.32 Å². The molecule has 1 aromatic heterocycles. The first kappa shape index (κ1) is 16.0. The van der Waals surface area contributed by atoms with Crippen molar-refractivity contribution >= 4 is 5.96 Å². The first-order valence-electron chi connectivity index (χ1n) is 9.79. The van der Waals surface area contributed by atoms with E-state index >= 15 is 0 Å². The van der Waals surface area contributed by atoms with Gasteiger partial charge in [-0.25, -0.2) is 4.98 Å². The molecule has 3 aliphatic rings. The molecule has 1 saturated carbocycles. The third-order valence-electron chi connectivity index (χ3n) is 6.25. The molecular formula is C19H31N5. The lowest BCUT2D eigenvalue weighted by atomic mass is 9.73. The van der Waals surface area contributed by atoms with Crippen LogP contribution in [-0.2, 0) is 19.5 Å². The molecule has 2 fully saturated rings. The van der Waals surface area contributed by atoms with Gasteiger partial charge in [-0.05, 0) is 37.5 Å².